The van der Waals surface area contributed by atoms with Crippen molar-refractivity contribution in [3.8, 4) is 11.5 Å². The molecular weight excluding hydrogens is 300 g/mol. The van der Waals surface area contributed by atoms with Crippen LogP contribution in [0.1, 0.15) is 27.6 Å². The second-order valence-electron chi connectivity index (χ2n) is 4.52. The van der Waals surface area contributed by atoms with Gasteiger partial charge in [0.05, 0.1) is 18.2 Å². The summed E-state index contributed by atoms with van der Waals surface area (Å²) in [6.45, 7) is 1.29. The third-order valence-electron chi connectivity index (χ3n) is 2.84. The van der Waals surface area contributed by atoms with Gasteiger partial charge in [-0.15, -0.1) is 0 Å². The van der Waals surface area contributed by atoms with Crippen molar-refractivity contribution in [3.63, 3.8) is 0 Å². The SMILES string of the molecule is COC(=O)c1ccc(OC(=O)c2ccc(OC(C)=O)cc2)cc1. The molecule has 2 aromatic rings. The van der Waals surface area contributed by atoms with Crippen LogP contribution in [0.4, 0.5) is 0 Å². The van der Waals surface area contributed by atoms with Crippen molar-refractivity contribution >= 4 is 17.9 Å². The van der Waals surface area contributed by atoms with E-state index in [1.54, 1.807) is 0 Å². The van der Waals surface area contributed by atoms with Crippen molar-refractivity contribution < 1.29 is 28.6 Å². The van der Waals surface area contributed by atoms with Gasteiger partial charge in [0.25, 0.3) is 0 Å². The molecule has 23 heavy (non-hydrogen) atoms. The predicted molar refractivity (Wildman–Crippen MR) is 80.5 cm³/mol. The maximum atomic E-state index is 12.0. The van der Waals surface area contributed by atoms with E-state index in [-0.39, 0.29) is 0 Å². The Morgan fingerprint density at radius 1 is 0.696 bits per heavy atom. The molecule has 6 heteroatoms. The molecule has 0 atom stereocenters. The van der Waals surface area contributed by atoms with Gasteiger partial charge in [-0.2, -0.15) is 0 Å². The molecule has 2 aromatic carbocycles. The predicted octanol–water partition coefficient (Wildman–Crippen LogP) is 2.62. The molecule has 0 aliphatic heterocycles. The van der Waals surface area contributed by atoms with Crippen LogP contribution >= 0.6 is 0 Å². The maximum absolute atomic E-state index is 12.0. The average Bonchev–Trinajstić information content (AvgIpc) is 2.55. The summed E-state index contributed by atoms with van der Waals surface area (Å²) in [5.41, 5.74) is 0.663. The summed E-state index contributed by atoms with van der Waals surface area (Å²) in [5.74, 6) is -0.830. The van der Waals surface area contributed by atoms with Crippen LogP contribution in [0.2, 0.25) is 0 Å². The number of esters is 3. The number of hydrogen-bond donors (Lipinski definition) is 0. The Morgan fingerprint density at radius 2 is 1.13 bits per heavy atom. The van der Waals surface area contributed by atoms with Gasteiger partial charge in [-0.25, -0.2) is 9.59 Å². The van der Waals surface area contributed by atoms with Gasteiger partial charge in [-0.1, -0.05) is 0 Å². The van der Waals surface area contributed by atoms with Gasteiger partial charge in [0.1, 0.15) is 11.5 Å². The first-order chi connectivity index (χ1) is 11.0. The lowest BCUT2D eigenvalue weighted by molar-refractivity contribution is -0.131. The summed E-state index contributed by atoms with van der Waals surface area (Å²) in [5, 5.41) is 0. The third-order valence-corrected chi connectivity index (χ3v) is 2.84. The molecule has 0 aliphatic carbocycles. The van der Waals surface area contributed by atoms with Gasteiger partial charge < -0.3 is 14.2 Å². The first kappa shape index (κ1) is 16.2. The molecule has 0 aromatic heterocycles. The fourth-order valence-corrected chi connectivity index (χ4v) is 1.77. The molecule has 0 radical (unpaired) electrons. The van der Waals surface area contributed by atoms with Crippen LogP contribution < -0.4 is 9.47 Å². The van der Waals surface area contributed by atoms with Crippen LogP contribution in [0.5, 0.6) is 11.5 Å². The number of carbonyl (C=O) groups is 3. The van der Waals surface area contributed by atoms with Crippen LogP contribution in [-0.4, -0.2) is 25.0 Å². The van der Waals surface area contributed by atoms with Gasteiger partial charge in [0.15, 0.2) is 0 Å². The molecule has 118 valence electrons. The van der Waals surface area contributed by atoms with Gasteiger partial charge in [-0.3, -0.25) is 4.79 Å². The average molecular weight is 314 g/mol. The Kier molecular flexibility index (Phi) is 5.09. The second kappa shape index (κ2) is 7.22. The van der Waals surface area contributed by atoms with E-state index in [1.807, 2.05) is 0 Å². The first-order valence-electron chi connectivity index (χ1n) is 6.68. The zero-order valence-corrected chi connectivity index (χ0v) is 12.6. The number of carbonyl (C=O) groups excluding carboxylic acids is 3. The largest absolute Gasteiger partial charge is 0.465 e. The lowest BCUT2D eigenvalue weighted by atomic mass is 10.2. The van der Waals surface area contributed by atoms with Crippen molar-refractivity contribution in [3.05, 3.63) is 59.7 Å². The van der Waals surface area contributed by atoms with Crippen LogP contribution in [-0.2, 0) is 9.53 Å². The summed E-state index contributed by atoms with van der Waals surface area (Å²) in [6, 6.07) is 12.0. The molecule has 0 bridgehead atoms. The highest BCUT2D eigenvalue weighted by Crippen LogP contribution is 2.17. The minimum atomic E-state index is -0.565. The summed E-state index contributed by atoms with van der Waals surface area (Å²) >= 11 is 0. The molecule has 0 saturated carbocycles. The highest BCUT2D eigenvalue weighted by Gasteiger charge is 2.10. The Balaban J connectivity index is 2.03. The van der Waals surface area contributed by atoms with E-state index in [0.717, 1.165) is 0 Å². The highest BCUT2D eigenvalue weighted by atomic mass is 16.5. The van der Waals surface area contributed by atoms with Crippen LogP contribution in [0, 0.1) is 0 Å². The van der Waals surface area contributed by atoms with E-state index >= 15 is 0 Å². The fraction of sp³-hybridized carbons (Fsp3) is 0.118. The Bertz CT molecular complexity index is 716. The Morgan fingerprint density at radius 3 is 1.57 bits per heavy atom. The van der Waals surface area contributed by atoms with Gasteiger partial charge in [-0.05, 0) is 48.5 Å². The zero-order valence-electron chi connectivity index (χ0n) is 12.6. The van der Waals surface area contributed by atoms with Crippen LogP contribution in [0.25, 0.3) is 0 Å². The number of methoxy groups -OCH3 is 1. The lowest BCUT2D eigenvalue weighted by Gasteiger charge is -2.06. The van der Waals surface area contributed by atoms with E-state index < -0.39 is 17.9 Å². The van der Waals surface area contributed by atoms with Crippen LogP contribution in [0.15, 0.2) is 48.5 Å². The van der Waals surface area contributed by atoms with Crippen LogP contribution in [0.3, 0.4) is 0 Å². The molecule has 0 N–H and O–H groups in total. The van der Waals surface area contributed by atoms with Gasteiger partial charge in [0.2, 0.25) is 0 Å². The summed E-state index contributed by atoms with van der Waals surface area (Å²) < 4.78 is 14.7. The quantitative estimate of drug-likeness (QED) is 0.637. The molecule has 6 nitrogen and oxygen atoms in total. The number of rotatable bonds is 4. The maximum Gasteiger partial charge on any atom is 0.343 e. The smallest absolute Gasteiger partial charge is 0.343 e. The topological polar surface area (TPSA) is 78.9 Å². The highest BCUT2D eigenvalue weighted by molar-refractivity contribution is 5.92. The monoisotopic (exact) mass is 314 g/mol. The van der Waals surface area contributed by atoms with Crippen molar-refractivity contribution in [1.29, 1.82) is 0 Å². The summed E-state index contributed by atoms with van der Waals surface area (Å²) in [4.78, 5) is 34.1. The van der Waals surface area contributed by atoms with E-state index in [9.17, 15) is 14.4 Å². The van der Waals surface area contributed by atoms with Gasteiger partial charge >= 0.3 is 17.9 Å². The minimum absolute atomic E-state index is 0.298. The zero-order chi connectivity index (χ0) is 16.8. The number of hydrogen-bond acceptors (Lipinski definition) is 6. The normalized spacial score (nSPS) is 9.83. The van der Waals surface area contributed by atoms with Crippen molar-refractivity contribution in [1.82, 2.24) is 0 Å². The van der Waals surface area contributed by atoms with E-state index in [1.165, 1.54) is 62.6 Å². The van der Waals surface area contributed by atoms with E-state index in [0.29, 0.717) is 22.6 Å². The minimum Gasteiger partial charge on any atom is -0.465 e. The van der Waals surface area contributed by atoms with E-state index in [2.05, 4.69) is 4.74 Å². The Labute approximate surface area is 132 Å². The molecular formula is C17H14O6. The molecule has 0 amide bonds. The van der Waals surface area contributed by atoms with Crippen molar-refractivity contribution in [2.24, 2.45) is 0 Å². The van der Waals surface area contributed by atoms with Crippen molar-refractivity contribution in [2.45, 2.75) is 6.92 Å². The lowest BCUT2D eigenvalue weighted by Crippen LogP contribution is -2.09. The molecule has 0 spiro atoms. The molecule has 2 rings (SSSR count). The molecule has 0 saturated heterocycles. The first-order valence-corrected chi connectivity index (χ1v) is 6.68. The standard InChI is InChI=1S/C17H14O6/c1-11(18)22-14-7-5-13(6-8-14)17(20)23-15-9-3-12(4-10-15)16(19)21-2/h3-10H,1-2H3. The molecule has 0 aliphatic rings. The van der Waals surface area contributed by atoms with Crippen molar-refractivity contribution in [2.75, 3.05) is 7.11 Å². The van der Waals surface area contributed by atoms with Gasteiger partial charge in [0, 0.05) is 6.92 Å². The summed E-state index contributed by atoms with van der Waals surface area (Å²) in [6.07, 6.45) is 0. The Hall–Kier alpha value is -3.15. The summed E-state index contributed by atoms with van der Waals surface area (Å²) in [7, 11) is 1.29. The third kappa shape index (κ3) is 4.41. The number of ether oxygens (including phenoxy) is 3. The molecule has 0 unspecified atom stereocenters. The van der Waals surface area contributed by atoms with E-state index in [4.69, 9.17) is 9.47 Å². The second-order valence-corrected chi connectivity index (χ2v) is 4.52. The molecule has 0 fully saturated rings. The fourth-order valence-electron chi connectivity index (χ4n) is 1.77. The number of benzene rings is 2. The molecule has 0 heterocycles.